The predicted molar refractivity (Wildman–Crippen MR) is 101 cm³/mol. The van der Waals surface area contributed by atoms with Gasteiger partial charge in [0, 0.05) is 30.1 Å². The van der Waals surface area contributed by atoms with E-state index >= 15 is 0 Å². The Morgan fingerprint density at radius 1 is 1.19 bits per heavy atom. The molecule has 0 unspecified atom stereocenters. The summed E-state index contributed by atoms with van der Waals surface area (Å²) in [6.07, 6.45) is 7.10. The van der Waals surface area contributed by atoms with Gasteiger partial charge in [-0.1, -0.05) is 12.1 Å². The lowest BCUT2D eigenvalue weighted by Gasteiger charge is -2.27. The average molecular weight is 350 g/mol. The van der Waals surface area contributed by atoms with Gasteiger partial charge < -0.3 is 9.47 Å². The predicted octanol–water partition coefficient (Wildman–Crippen LogP) is 2.31. The number of nitrogens with one attached hydrogen (secondary N) is 1. The molecule has 1 aromatic carbocycles. The summed E-state index contributed by atoms with van der Waals surface area (Å²) in [5, 5.41) is 3.83. The van der Waals surface area contributed by atoms with E-state index in [-0.39, 0.29) is 11.8 Å². The van der Waals surface area contributed by atoms with Crippen molar-refractivity contribution in [3.8, 4) is 11.3 Å². The zero-order valence-corrected chi connectivity index (χ0v) is 15.0. The molecule has 1 fully saturated rings. The summed E-state index contributed by atoms with van der Waals surface area (Å²) >= 11 is 0. The van der Waals surface area contributed by atoms with Crippen LogP contribution >= 0.6 is 0 Å². The van der Waals surface area contributed by atoms with Crippen molar-refractivity contribution in [1.82, 2.24) is 24.4 Å². The van der Waals surface area contributed by atoms with Crippen LogP contribution in [0, 0.1) is 5.92 Å². The number of aryl methyl sites for hydroxylation is 1. The number of likely N-dealkylation sites (tertiary alicyclic amines) is 1. The van der Waals surface area contributed by atoms with Crippen LogP contribution < -0.4 is 5.32 Å². The SMILES string of the molecule is CN1CCC(C(=O)Nc2ncc3ccc(-c4cncn4C)cc3n2)CC1. The maximum absolute atomic E-state index is 12.5. The molecule has 1 aliphatic heterocycles. The summed E-state index contributed by atoms with van der Waals surface area (Å²) in [5.74, 6) is 0.412. The molecule has 1 saturated heterocycles. The van der Waals surface area contributed by atoms with E-state index < -0.39 is 0 Å². The summed E-state index contributed by atoms with van der Waals surface area (Å²) in [5.41, 5.74) is 2.85. The van der Waals surface area contributed by atoms with Crippen molar-refractivity contribution < 1.29 is 4.79 Å². The summed E-state index contributed by atoms with van der Waals surface area (Å²) in [7, 11) is 4.04. The standard InChI is InChI=1S/C19H22N6O/c1-24-7-5-13(6-8-24)18(26)23-19-21-10-15-4-3-14(9-16(15)22-19)17-11-20-12-25(17)2/h3-4,9-13H,5-8H2,1-2H3,(H,21,22,23,26). The number of piperidine rings is 1. The van der Waals surface area contributed by atoms with E-state index in [4.69, 9.17) is 0 Å². The second-order valence-electron chi connectivity index (χ2n) is 6.92. The van der Waals surface area contributed by atoms with Gasteiger partial charge in [0.15, 0.2) is 0 Å². The third-order valence-electron chi connectivity index (χ3n) is 5.02. The van der Waals surface area contributed by atoms with Crippen molar-refractivity contribution in [2.75, 3.05) is 25.5 Å². The first-order valence-electron chi connectivity index (χ1n) is 8.83. The number of fused-ring (bicyclic) bond motifs is 1. The van der Waals surface area contributed by atoms with Crippen LogP contribution in [0.2, 0.25) is 0 Å². The molecule has 0 radical (unpaired) electrons. The highest BCUT2D eigenvalue weighted by Crippen LogP contribution is 2.23. The molecule has 0 atom stereocenters. The van der Waals surface area contributed by atoms with Crippen LogP contribution in [-0.4, -0.2) is 50.5 Å². The lowest BCUT2D eigenvalue weighted by molar-refractivity contribution is -0.121. The topological polar surface area (TPSA) is 75.9 Å². The van der Waals surface area contributed by atoms with Crippen LogP contribution in [0.1, 0.15) is 12.8 Å². The molecule has 0 saturated carbocycles. The highest BCUT2D eigenvalue weighted by atomic mass is 16.2. The van der Waals surface area contributed by atoms with Crippen LogP contribution in [0.4, 0.5) is 5.95 Å². The Hall–Kier alpha value is -2.80. The van der Waals surface area contributed by atoms with Crippen molar-refractivity contribution in [1.29, 1.82) is 0 Å². The fourth-order valence-electron chi connectivity index (χ4n) is 3.36. The van der Waals surface area contributed by atoms with Gasteiger partial charge in [-0.15, -0.1) is 0 Å². The minimum Gasteiger partial charge on any atom is -0.334 e. The average Bonchev–Trinajstić information content (AvgIpc) is 3.07. The molecule has 26 heavy (non-hydrogen) atoms. The molecule has 1 aliphatic rings. The Labute approximate surface area is 152 Å². The number of anilines is 1. The Balaban J connectivity index is 1.56. The molecule has 134 valence electrons. The van der Waals surface area contributed by atoms with Crippen molar-refractivity contribution in [2.24, 2.45) is 13.0 Å². The number of benzene rings is 1. The van der Waals surface area contributed by atoms with Gasteiger partial charge in [0.25, 0.3) is 0 Å². The first kappa shape index (κ1) is 16.7. The highest BCUT2D eigenvalue weighted by Gasteiger charge is 2.23. The molecule has 0 spiro atoms. The summed E-state index contributed by atoms with van der Waals surface area (Å²) < 4.78 is 1.96. The van der Waals surface area contributed by atoms with E-state index in [1.807, 2.05) is 36.0 Å². The molecule has 7 heteroatoms. The third-order valence-corrected chi connectivity index (χ3v) is 5.02. The largest absolute Gasteiger partial charge is 0.334 e. The van der Waals surface area contributed by atoms with E-state index in [1.54, 1.807) is 12.5 Å². The van der Waals surface area contributed by atoms with Gasteiger partial charge in [0.2, 0.25) is 11.9 Å². The van der Waals surface area contributed by atoms with Gasteiger partial charge in [0.05, 0.1) is 23.7 Å². The second kappa shape index (κ2) is 6.84. The molecule has 4 rings (SSSR count). The van der Waals surface area contributed by atoms with E-state index in [2.05, 4.69) is 32.2 Å². The molecule has 1 amide bonds. The maximum atomic E-state index is 12.5. The zero-order chi connectivity index (χ0) is 18.1. The zero-order valence-electron chi connectivity index (χ0n) is 15.0. The minimum absolute atomic E-state index is 0.0141. The third kappa shape index (κ3) is 3.30. The number of rotatable bonds is 3. The van der Waals surface area contributed by atoms with Gasteiger partial charge in [-0.05, 0) is 39.0 Å². The number of imidazole rings is 1. The fraction of sp³-hybridized carbons (Fsp3) is 0.368. The molecular weight excluding hydrogens is 328 g/mol. The maximum Gasteiger partial charge on any atom is 0.229 e. The summed E-state index contributed by atoms with van der Waals surface area (Å²) in [4.78, 5) is 27.7. The quantitative estimate of drug-likeness (QED) is 0.784. The summed E-state index contributed by atoms with van der Waals surface area (Å²) in [6.45, 7) is 1.90. The van der Waals surface area contributed by atoms with Crippen molar-refractivity contribution in [3.05, 3.63) is 36.9 Å². The van der Waals surface area contributed by atoms with E-state index in [1.165, 1.54) is 0 Å². The van der Waals surface area contributed by atoms with E-state index in [9.17, 15) is 4.79 Å². The minimum atomic E-state index is 0.0141. The van der Waals surface area contributed by atoms with Crippen LogP contribution in [0.15, 0.2) is 36.9 Å². The number of hydrogen-bond acceptors (Lipinski definition) is 5. The van der Waals surface area contributed by atoms with Gasteiger partial charge in [0.1, 0.15) is 0 Å². The number of carbonyl (C=O) groups excluding carboxylic acids is 1. The first-order chi connectivity index (χ1) is 12.6. The Kier molecular flexibility index (Phi) is 4.38. The summed E-state index contributed by atoms with van der Waals surface area (Å²) in [6, 6.07) is 6.01. The molecule has 7 nitrogen and oxygen atoms in total. The van der Waals surface area contributed by atoms with Gasteiger partial charge in [-0.2, -0.15) is 0 Å². The Morgan fingerprint density at radius 3 is 2.73 bits per heavy atom. The van der Waals surface area contributed by atoms with Gasteiger partial charge in [-0.3, -0.25) is 10.1 Å². The lowest BCUT2D eigenvalue weighted by Crippen LogP contribution is -2.36. The normalized spacial score (nSPS) is 16.1. The Morgan fingerprint density at radius 2 is 2.00 bits per heavy atom. The molecule has 3 heterocycles. The van der Waals surface area contributed by atoms with Crippen LogP contribution in [-0.2, 0) is 11.8 Å². The van der Waals surface area contributed by atoms with Crippen LogP contribution in [0.25, 0.3) is 22.2 Å². The molecule has 0 aliphatic carbocycles. The first-order valence-corrected chi connectivity index (χ1v) is 8.83. The van der Waals surface area contributed by atoms with Gasteiger partial charge >= 0.3 is 0 Å². The smallest absolute Gasteiger partial charge is 0.229 e. The number of carbonyl (C=O) groups is 1. The van der Waals surface area contributed by atoms with Crippen molar-refractivity contribution >= 4 is 22.8 Å². The molecule has 1 N–H and O–H groups in total. The van der Waals surface area contributed by atoms with Crippen molar-refractivity contribution in [2.45, 2.75) is 12.8 Å². The molecule has 2 aromatic heterocycles. The van der Waals surface area contributed by atoms with Gasteiger partial charge in [-0.25, -0.2) is 15.0 Å². The molecule has 0 bridgehead atoms. The number of aromatic nitrogens is 4. The molecular formula is C19H22N6O. The van der Waals surface area contributed by atoms with E-state index in [0.717, 1.165) is 48.1 Å². The number of amides is 1. The number of hydrogen-bond donors (Lipinski definition) is 1. The highest BCUT2D eigenvalue weighted by molar-refractivity contribution is 5.92. The van der Waals surface area contributed by atoms with Crippen molar-refractivity contribution in [3.63, 3.8) is 0 Å². The second-order valence-corrected chi connectivity index (χ2v) is 6.92. The molecule has 3 aromatic rings. The Bertz CT molecular complexity index is 942. The van der Waals surface area contributed by atoms with E-state index in [0.29, 0.717) is 5.95 Å². The van der Waals surface area contributed by atoms with Crippen LogP contribution in [0.5, 0.6) is 0 Å². The monoisotopic (exact) mass is 350 g/mol. The van der Waals surface area contributed by atoms with Crippen LogP contribution in [0.3, 0.4) is 0 Å². The lowest BCUT2D eigenvalue weighted by atomic mass is 9.96. The number of nitrogens with zero attached hydrogens (tertiary/aromatic N) is 5. The fourth-order valence-corrected chi connectivity index (χ4v) is 3.36.